The molecule has 0 aliphatic carbocycles. The van der Waals surface area contributed by atoms with Crippen molar-refractivity contribution >= 4 is 22.4 Å². The SMILES string of the molecule is COc1cccc(CN(CC2CC(c3ccc(C)cc3)=NO2)C(=O)c2cccc3ccccc23)c1. The number of fused-ring (bicyclic) bond motifs is 1. The number of oxime groups is 1. The molecule has 4 aromatic rings. The summed E-state index contributed by atoms with van der Waals surface area (Å²) >= 11 is 0. The number of hydrogen-bond donors (Lipinski definition) is 0. The fourth-order valence-electron chi connectivity index (χ4n) is 4.48. The maximum absolute atomic E-state index is 13.9. The quantitative estimate of drug-likeness (QED) is 0.337. The molecule has 1 unspecified atom stereocenters. The molecule has 1 atom stereocenters. The number of methoxy groups -OCH3 is 1. The molecule has 0 aromatic heterocycles. The van der Waals surface area contributed by atoms with Crippen LogP contribution in [0.1, 0.15) is 33.5 Å². The highest BCUT2D eigenvalue weighted by Crippen LogP contribution is 2.24. The van der Waals surface area contributed by atoms with Gasteiger partial charge in [0.15, 0.2) is 6.10 Å². The van der Waals surface area contributed by atoms with Crippen LogP contribution in [0.3, 0.4) is 0 Å². The summed E-state index contributed by atoms with van der Waals surface area (Å²) in [5.41, 5.74) is 4.85. The molecule has 1 aliphatic heterocycles. The normalized spacial score (nSPS) is 14.9. The van der Waals surface area contributed by atoms with Crippen LogP contribution in [0.4, 0.5) is 0 Å². The van der Waals surface area contributed by atoms with Gasteiger partial charge in [0.25, 0.3) is 5.91 Å². The lowest BCUT2D eigenvalue weighted by Crippen LogP contribution is -2.37. The Hall–Kier alpha value is -4.12. The Balaban J connectivity index is 1.41. The molecule has 5 nitrogen and oxygen atoms in total. The van der Waals surface area contributed by atoms with Gasteiger partial charge in [0.05, 0.1) is 19.4 Å². The van der Waals surface area contributed by atoms with Crippen LogP contribution >= 0.6 is 0 Å². The van der Waals surface area contributed by atoms with Crippen molar-refractivity contribution in [2.24, 2.45) is 5.16 Å². The van der Waals surface area contributed by atoms with Crippen LogP contribution < -0.4 is 4.74 Å². The van der Waals surface area contributed by atoms with Gasteiger partial charge in [-0.2, -0.15) is 0 Å². The van der Waals surface area contributed by atoms with E-state index in [1.807, 2.05) is 71.6 Å². The zero-order valence-corrected chi connectivity index (χ0v) is 20.0. The highest BCUT2D eigenvalue weighted by atomic mass is 16.6. The van der Waals surface area contributed by atoms with Gasteiger partial charge in [-0.25, -0.2) is 0 Å². The Bertz CT molecular complexity index is 1370. The Kier molecular flexibility index (Phi) is 6.49. The van der Waals surface area contributed by atoms with Gasteiger partial charge in [-0.3, -0.25) is 4.79 Å². The third-order valence-corrected chi connectivity index (χ3v) is 6.36. The molecule has 4 aromatic carbocycles. The molecule has 0 spiro atoms. The fraction of sp³-hybridized carbons (Fsp3) is 0.200. The molecule has 5 heteroatoms. The van der Waals surface area contributed by atoms with Crippen LogP contribution in [-0.2, 0) is 11.4 Å². The highest BCUT2D eigenvalue weighted by molar-refractivity contribution is 6.07. The predicted octanol–water partition coefficient (Wildman–Crippen LogP) is 5.99. The van der Waals surface area contributed by atoms with Gasteiger partial charge in [-0.05, 0) is 47.0 Å². The van der Waals surface area contributed by atoms with E-state index in [-0.39, 0.29) is 12.0 Å². The van der Waals surface area contributed by atoms with Crippen molar-refractivity contribution in [1.82, 2.24) is 4.90 Å². The number of rotatable bonds is 7. The second-order valence-corrected chi connectivity index (χ2v) is 8.90. The number of carbonyl (C=O) groups excluding carboxylic acids is 1. The molecule has 1 amide bonds. The molecule has 0 saturated heterocycles. The molecule has 0 fully saturated rings. The van der Waals surface area contributed by atoms with Crippen LogP contribution in [-0.4, -0.2) is 36.3 Å². The standard InChI is InChI=1S/C30H28N2O3/c1-21-13-15-24(16-14-21)29-18-26(35-31-29)20-32(19-22-7-5-10-25(17-22)34-2)30(33)28-12-6-9-23-8-3-4-11-27(23)28/h3-17,26H,18-20H2,1-2H3. The summed E-state index contributed by atoms with van der Waals surface area (Å²) in [5, 5.41) is 6.33. The van der Waals surface area contributed by atoms with E-state index in [0.29, 0.717) is 25.1 Å². The summed E-state index contributed by atoms with van der Waals surface area (Å²) < 4.78 is 5.40. The Morgan fingerprint density at radius 2 is 1.77 bits per heavy atom. The first-order valence-corrected chi connectivity index (χ1v) is 11.8. The van der Waals surface area contributed by atoms with Crippen molar-refractivity contribution in [3.8, 4) is 5.75 Å². The number of carbonyl (C=O) groups is 1. The predicted molar refractivity (Wildman–Crippen MR) is 139 cm³/mol. The molecule has 0 N–H and O–H groups in total. The summed E-state index contributed by atoms with van der Waals surface area (Å²) in [6.45, 7) is 2.94. The van der Waals surface area contributed by atoms with Gasteiger partial charge in [-0.1, -0.05) is 83.5 Å². The van der Waals surface area contributed by atoms with Crippen LogP contribution in [0, 0.1) is 6.92 Å². The minimum absolute atomic E-state index is 0.0306. The van der Waals surface area contributed by atoms with Crippen molar-refractivity contribution in [2.75, 3.05) is 13.7 Å². The van der Waals surface area contributed by atoms with E-state index in [1.165, 1.54) is 5.56 Å². The molecular formula is C30H28N2O3. The molecule has 5 rings (SSSR count). The van der Waals surface area contributed by atoms with E-state index in [9.17, 15) is 4.79 Å². The Morgan fingerprint density at radius 3 is 2.60 bits per heavy atom. The van der Waals surface area contributed by atoms with Crippen molar-refractivity contribution in [1.29, 1.82) is 0 Å². The van der Waals surface area contributed by atoms with E-state index < -0.39 is 0 Å². The second-order valence-electron chi connectivity index (χ2n) is 8.90. The number of nitrogens with zero attached hydrogens (tertiary/aromatic N) is 2. The molecular weight excluding hydrogens is 436 g/mol. The van der Waals surface area contributed by atoms with Crippen molar-refractivity contribution in [3.05, 3.63) is 113 Å². The van der Waals surface area contributed by atoms with Crippen LogP contribution in [0.5, 0.6) is 5.75 Å². The summed E-state index contributed by atoms with van der Waals surface area (Å²) in [5.74, 6) is 0.735. The van der Waals surface area contributed by atoms with Gasteiger partial charge in [0.1, 0.15) is 5.75 Å². The first-order valence-electron chi connectivity index (χ1n) is 11.8. The lowest BCUT2D eigenvalue weighted by atomic mass is 10.0. The zero-order chi connectivity index (χ0) is 24.2. The third kappa shape index (κ3) is 5.04. The zero-order valence-electron chi connectivity index (χ0n) is 20.0. The molecule has 1 heterocycles. The number of ether oxygens (including phenoxy) is 1. The largest absolute Gasteiger partial charge is 0.497 e. The summed E-state index contributed by atoms with van der Waals surface area (Å²) in [7, 11) is 1.65. The summed E-state index contributed by atoms with van der Waals surface area (Å²) in [6.07, 6.45) is 0.441. The number of benzene rings is 4. The average molecular weight is 465 g/mol. The lowest BCUT2D eigenvalue weighted by Gasteiger charge is -2.26. The second kappa shape index (κ2) is 10.0. The van der Waals surface area contributed by atoms with Gasteiger partial charge >= 0.3 is 0 Å². The molecule has 0 radical (unpaired) electrons. The van der Waals surface area contributed by atoms with E-state index in [1.54, 1.807) is 7.11 Å². The maximum Gasteiger partial charge on any atom is 0.254 e. The first kappa shape index (κ1) is 22.7. The fourth-order valence-corrected chi connectivity index (χ4v) is 4.48. The van der Waals surface area contributed by atoms with E-state index in [4.69, 9.17) is 9.57 Å². The van der Waals surface area contributed by atoms with Gasteiger partial charge in [0.2, 0.25) is 0 Å². The van der Waals surface area contributed by atoms with Crippen LogP contribution in [0.15, 0.2) is 96.2 Å². The van der Waals surface area contributed by atoms with Crippen molar-refractivity contribution in [2.45, 2.75) is 26.0 Å². The van der Waals surface area contributed by atoms with Gasteiger partial charge in [-0.15, -0.1) is 0 Å². The summed E-state index contributed by atoms with van der Waals surface area (Å²) in [6, 6.07) is 29.9. The lowest BCUT2D eigenvalue weighted by molar-refractivity contribution is 0.0406. The molecule has 0 saturated carbocycles. The monoisotopic (exact) mass is 464 g/mol. The topological polar surface area (TPSA) is 51.1 Å². The summed E-state index contributed by atoms with van der Waals surface area (Å²) in [4.78, 5) is 21.6. The molecule has 1 aliphatic rings. The van der Waals surface area contributed by atoms with Crippen LogP contribution in [0.25, 0.3) is 10.8 Å². The number of aryl methyl sites for hydroxylation is 1. The van der Waals surface area contributed by atoms with E-state index in [2.05, 4.69) is 36.3 Å². The minimum Gasteiger partial charge on any atom is -0.497 e. The minimum atomic E-state index is -0.212. The Labute approximate surface area is 205 Å². The van der Waals surface area contributed by atoms with Gasteiger partial charge in [0, 0.05) is 18.5 Å². The molecule has 35 heavy (non-hydrogen) atoms. The molecule has 176 valence electrons. The third-order valence-electron chi connectivity index (χ3n) is 6.36. The molecule has 0 bridgehead atoms. The number of hydrogen-bond acceptors (Lipinski definition) is 4. The van der Waals surface area contributed by atoms with E-state index in [0.717, 1.165) is 33.4 Å². The average Bonchev–Trinajstić information content (AvgIpc) is 3.36. The first-order chi connectivity index (χ1) is 17.1. The van der Waals surface area contributed by atoms with E-state index >= 15 is 0 Å². The van der Waals surface area contributed by atoms with Gasteiger partial charge < -0.3 is 14.5 Å². The number of amides is 1. The van der Waals surface area contributed by atoms with Crippen LogP contribution in [0.2, 0.25) is 0 Å². The maximum atomic E-state index is 13.9. The smallest absolute Gasteiger partial charge is 0.254 e. The Morgan fingerprint density at radius 1 is 1.00 bits per heavy atom. The van der Waals surface area contributed by atoms with Crippen molar-refractivity contribution in [3.63, 3.8) is 0 Å². The van der Waals surface area contributed by atoms with Crippen molar-refractivity contribution < 1.29 is 14.4 Å². The highest BCUT2D eigenvalue weighted by Gasteiger charge is 2.28.